The SMILES string of the molecule is CCS(=O)(=O)c1ccc(NC(=O)OC)cc1C1C(C(=O)O)CCN1C(=O)[C@H](Nc1cc(C(N)=O)c(F)cc1F)c1ccc(F)c(OC)c1. The van der Waals surface area contributed by atoms with E-state index in [0.29, 0.717) is 6.07 Å². The first-order valence-corrected chi connectivity index (χ1v) is 15.9. The Morgan fingerprint density at radius 3 is 2.33 bits per heavy atom. The van der Waals surface area contributed by atoms with Gasteiger partial charge in [-0.05, 0) is 53.9 Å². The molecule has 3 aromatic rings. The smallest absolute Gasteiger partial charge is 0.411 e. The molecule has 3 amide bonds. The molecule has 0 saturated carbocycles. The standard InChI is InChI=1S/C31H31F3N4O9S/c1-4-48(44,45)25-8-6-16(36-31(43)47-3)12-19(25)27-17(30(41)42)9-10-38(27)29(40)26(15-5-7-20(32)24(11-15)46-2)37-23-13-18(28(35)39)21(33)14-22(23)34/h5-8,11-14,17,26-27,37H,4,9-10H2,1-3H3,(H2,35,39)(H,36,43)(H,41,42)/t17?,26-,27?/m1/s1. The summed E-state index contributed by atoms with van der Waals surface area (Å²) in [6.07, 6.45) is -1.06. The molecular weight excluding hydrogens is 661 g/mol. The molecule has 0 bridgehead atoms. The number of carbonyl (C=O) groups excluding carboxylic acids is 3. The van der Waals surface area contributed by atoms with Crippen molar-refractivity contribution in [3.05, 3.63) is 82.7 Å². The van der Waals surface area contributed by atoms with Gasteiger partial charge in [-0.25, -0.2) is 26.4 Å². The fraction of sp³-hybridized carbons (Fsp3) is 0.290. The van der Waals surface area contributed by atoms with Crippen molar-refractivity contribution in [1.29, 1.82) is 0 Å². The van der Waals surface area contributed by atoms with Crippen LogP contribution in [0.5, 0.6) is 5.75 Å². The van der Waals surface area contributed by atoms with Gasteiger partial charge in [0.25, 0.3) is 5.91 Å². The lowest BCUT2D eigenvalue weighted by atomic mass is 9.92. The number of sulfone groups is 1. The second-order valence-corrected chi connectivity index (χ2v) is 12.9. The summed E-state index contributed by atoms with van der Waals surface area (Å²) in [7, 11) is -1.80. The molecule has 1 aliphatic rings. The Kier molecular flexibility index (Phi) is 10.5. The van der Waals surface area contributed by atoms with Crippen molar-refractivity contribution in [2.75, 3.05) is 37.2 Å². The van der Waals surface area contributed by atoms with Gasteiger partial charge in [0.15, 0.2) is 21.4 Å². The first-order valence-electron chi connectivity index (χ1n) is 14.3. The molecule has 5 N–H and O–H groups in total. The molecule has 17 heteroatoms. The number of nitrogens with two attached hydrogens (primary N) is 1. The molecule has 3 aromatic carbocycles. The molecular formula is C31H31F3N4O9S. The predicted octanol–water partition coefficient (Wildman–Crippen LogP) is 4.01. The Morgan fingerprint density at radius 1 is 1.02 bits per heavy atom. The van der Waals surface area contributed by atoms with E-state index in [2.05, 4.69) is 15.4 Å². The summed E-state index contributed by atoms with van der Waals surface area (Å²) in [6.45, 7) is 1.13. The first kappa shape index (κ1) is 35.5. The fourth-order valence-corrected chi connectivity index (χ4v) is 6.59. The highest BCUT2D eigenvalue weighted by Crippen LogP contribution is 2.43. The Morgan fingerprint density at radius 2 is 1.73 bits per heavy atom. The van der Waals surface area contributed by atoms with Crippen LogP contribution >= 0.6 is 0 Å². The first-order chi connectivity index (χ1) is 22.6. The average molecular weight is 693 g/mol. The molecule has 0 aromatic heterocycles. The number of halogens is 3. The van der Waals surface area contributed by atoms with E-state index in [0.717, 1.165) is 43.4 Å². The summed E-state index contributed by atoms with van der Waals surface area (Å²) < 4.78 is 79.9. The van der Waals surface area contributed by atoms with Crippen molar-refractivity contribution < 1.29 is 55.3 Å². The van der Waals surface area contributed by atoms with Gasteiger partial charge in [0.1, 0.15) is 17.7 Å². The zero-order valence-corrected chi connectivity index (χ0v) is 26.6. The third-order valence-corrected chi connectivity index (χ3v) is 9.65. The molecule has 4 rings (SSSR count). The lowest BCUT2D eigenvalue weighted by Crippen LogP contribution is -2.40. The van der Waals surface area contributed by atoms with E-state index in [1.807, 2.05) is 0 Å². The maximum Gasteiger partial charge on any atom is 0.411 e. The molecule has 2 unspecified atom stereocenters. The Labute approximate surface area is 272 Å². The van der Waals surface area contributed by atoms with Gasteiger partial charge in [-0.15, -0.1) is 0 Å². The molecule has 48 heavy (non-hydrogen) atoms. The number of hydrogen-bond donors (Lipinski definition) is 4. The van der Waals surface area contributed by atoms with Crippen LogP contribution in [-0.4, -0.2) is 68.8 Å². The number of nitrogens with one attached hydrogen (secondary N) is 2. The van der Waals surface area contributed by atoms with E-state index >= 15 is 4.39 Å². The average Bonchev–Trinajstić information content (AvgIpc) is 3.50. The molecule has 0 aliphatic carbocycles. The van der Waals surface area contributed by atoms with Gasteiger partial charge in [0, 0.05) is 18.3 Å². The van der Waals surface area contributed by atoms with Crippen LogP contribution < -0.4 is 21.1 Å². The number of carboxylic acid groups (broad SMARTS) is 1. The van der Waals surface area contributed by atoms with Crippen molar-refractivity contribution in [3.63, 3.8) is 0 Å². The van der Waals surface area contributed by atoms with Crippen LogP contribution in [0.25, 0.3) is 0 Å². The van der Waals surface area contributed by atoms with Gasteiger partial charge < -0.3 is 30.5 Å². The van der Waals surface area contributed by atoms with Crippen LogP contribution in [-0.2, 0) is 24.2 Å². The zero-order valence-electron chi connectivity index (χ0n) is 25.8. The minimum Gasteiger partial charge on any atom is -0.494 e. The quantitative estimate of drug-likeness (QED) is 0.228. The fourth-order valence-electron chi connectivity index (χ4n) is 5.46. The molecule has 0 spiro atoms. The van der Waals surface area contributed by atoms with Gasteiger partial charge in [0.05, 0.1) is 48.1 Å². The van der Waals surface area contributed by atoms with Crippen molar-refractivity contribution in [2.45, 2.75) is 30.3 Å². The van der Waals surface area contributed by atoms with Crippen molar-refractivity contribution in [2.24, 2.45) is 11.7 Å². The topological polar surface area (TPSA) is 194 Å². The number of anilines is 2. The third-order valence-electron chi connectivity index (χ3n) is 7.85. The Balaban J connectivity index is 1.93. The lowest BCUT2D eigenvalue weighted by Gasteiger charge is -2.33. The molecule has 1 saturated heterocycles. The summed E-state index contributed by atoms with van der Waals surface area (Å²) in [4.78, 5) is 51.6. The number of hydrogen-bond acceptors (Lipinski definition) is 9. The number of ether oxygens (including phenoxy) is 2. The second-order valence-electron chi connectivity index (χ2n) is 10.6. The summed E-state index contributed by atoms with van der Waals surface area (Å²) in [5.74, 6) is -8.94. The van der Waals surface area contributed by atoms with E-state index in [1.165, 1.54) is 25.1 Å². The number of carbonyl (C=O) groups is 4. The lowest BCUT2D eigenvalue weighted by molar-refractivity contribution is -0.143. The number of rotatable bonds is 11. The number of methoxy groups -OCH3 is 2. The monoisotopic (exact) mass is 692 g/mol. The van der Waals surface area contributed by atoms with E-state index in [-0.39, 0.29) is 40.4 Å². The minimum atomic E-state index is -4.05. The van der Waals surface area contributed by atoms with Gasteiger partial charge in [-0.3, -0.25) is 19.7 Å². The number of aliphatic carboxylic acids is 1. The molecule has 1 fully saturated rings. The molecule has 0 radical (unpaired) electrons. The summed E-state index contributed by atoms with van der Waals surface area (Å²) in [5.41, 5.74) is 3.82. The normalized spacial score (nSPS) is 16.6. The van der Waals surface area contributed by atoms with Crippen molar-refractivity contribution in [3.8, 4) is 5.75 Å². The molecule has 13 nitrogen and oxygen atoms in total. The van der Waals surface area contributed by atoms with E-state index < -0.39 is 86.2 Å². The highest BCUT2D eigenvalue weighted by Gasteiger charge is 2.46. The van der Waals surface area contributed by atoms with Crippen LogP contribution in [0, 0.1) is 23.4 Å². The number of carboxylic acids is 1. The van der Waals surface area contributed by atoms with Gasteiger partial charge in [0.2, 0.25) is 5.91 Å². The third kappa shape index (κ3) is 7.15. The predicted molar refractivity (Wildman–Crippen MR) is 165 cm³/mol. The van der Waals surface area contributed by atoms with Gasteiger partial charge >= 0.3 is 12.1 Å². The maximum atomic E-state index is 15.1. The van der Waals surface area contributed by atoms with Crippen molar-refractivity contribution in [1.82, 2.24) is 4.90 Å². The molecule has 256 valence electrons. The van der Waals surface area contributed by atoms with E-state index in [9.17, 15) is 41.5 Å². The van der Waals surface area contributed by atoms with Crippen LogP contribution in [0.2, 0.25) is 0 Å². The molecule has 1 aliphatic heterocycles. The number of benzene rings is 3. The number of nitrogens with zero attached hydrogens (tertiary/aromatic N) is 1. The highest BCUT2D eigenvalue weighted by atomic mass is 32.2. The number of likely N-dealkylation sites (tertiary alicyclic amines) is 1. The highest BCUT2D eigenvalue weighted by molar-refractivity contribution is 7.91. The van der Waals surface area contributed by atoms with Crippen molar-refractivity contribution >= 4 is 45.1 Å². The van der Waals surface area contributed by atoms with Crippen LogP contribution in [0.1, 0.15) is 46.9 Å². The number of amides is 3. The Bertz CT molecular complexity index is 1890. The van der Waals surface area contributed by atoms with Gasteiger partial charge in [-0.2, -0.15) is 0 Å². The van der Waals surface area contributed by atoms with Gasteiger partial charge in [-0.1, -0.05) is 13.0 Å². The van der Waals surface area contributed by atoms with E-state index in [4.69, 9.17) is 10.5 Å². The van der Waals surface area contributed by atoms with Crippen LogP contribution in [0.4, 0.5) is 29.3 Å². The zero-order chi connectivity index (χ0) is 35.5. The van der Waals surface area contributed by atoms with Crippen LogP contribution in [0.3, 0.4) is 0 Å². The van der Waals surface area contributed by atoms with Crippen LogP contribution in [0.15, 0.2) is 53.4 Å². The largest absolute Gasteiger partial charge is 0.494 e. The number of primary amides is 1. The summed E-state index contributed by atoms with van der Waals surface area (Å²) in [6, 6.07) is 4.87. The summed E-state index contributed by atoms with van der Waals surface area (Å²) >= 11 is 0. The second kappa shape index (κ2) is 14.2. The minimum absolute atomic E-state index is 0.0253. The maximum absolute atomic E-state index is 15.1. The van der Waals surface area contributed by atoms with E-state index in [1.54, 1.807) is 0 Å². The molecule has 3 atom stereocenters. The summed E-state index contributed by atoms with van der Waals surface area (Å²) in [5, 5.41) is 15.2. The Hall–Kier alpha value is -5.32. The molecule has 1 heterocycles.